The molecule has 1 N–H and O–H groups in total. The summed E-state index contributed by atoms with van der Waals surface area (Å²) in [6, 6.07) is 6.53. The molecule has 3 fully saturated rings. The van der Waals surface area contributed by atoms with Crippen LogP contribution in [0.4, 0.5) is 5.69 Å². The number of benzene rings is 1. The van der Waals surface area contributed by atoms with Gasteiger partial charge >= 0.3 is 5.97 Å². The zero-order valence-electron chi connectivity index (χ0n) is 22.3. The minimum Gasteiger partial charge on any atom is -0.497 e. The van der Waals surface area contributed by atoms with E-state index < -0.39 is 33.3 Å². The monoisotopic (exact) mass is 542 g/mol. The zero-order valence-corrected chi connectivity index (χ0v) is 23.1. The third kappa shape index (κ3) is 4.75. The third-order valence-electron chi connectivity index (χ3n) is 8.13. The summed E-state index contributed by atoms with van der Waals surface area (Å²) in [5.41, 5.74) is 0.689. The van der Waals surface area contributed by atoms with Crippen molar-refractivity contribution in [3.8, 4) is 5.75 Å². The summed E-state index contributed by atoms with van der Waals surface area (Å²) in [7, 11) is 1.59. The van der Waals surface area contributed by atoms with E-state index in [0.29, 0.717) is 37.2 Å². The average Bonchev–Trinajstić information content (AvgIpc) is 3.48. The van der Waals surface area contributed by atoms with E-state index in [1.54, 1.807) is 46.9 Å². The lowest BCUT2D eigenvalue weighted by Crippen LogP contribution is -2.55. The highest BCUT2D eigenvalue weighted by atomic mass is 32.2. The Balaban J connectivity index is 1.74. The maximum absolute atomic E-state index is 14.5. The Labute approximate surface area is 229 Å². The van der Waals surface area contributed by atoms with Gasteiger partial charge in [0.2, 0.25) is 5.91 Å². The molecule has 1 aromatic carbocycles. The molecule has 2 bridgehead atoms. The number of esters is 1. The standard InChI is InChI=1S/C29H38N2O6S/c1-5-16-30(20-10-12-21(36-4)13-11-20)26(34)24-29-15-14-28(3,38-29)23(27(35)37-19-6-2)22(29)25(33)31(24)17-8-7-9-18-32/h5-6,10-13,22-24,32H,1-2,7-9,14-19H2,3-4H3/t22-,23+,24?,28-,29?/m0/s1. The predicted octanol–water partition coefficient (Wildman–Crippen LogP) is 3.59. The van der Waals surface area contributed by atoms with Gasteiger partial charge in [0.15, 0.2) is 0 Å². The van der Waals surface area contributed by atoms with Crippen LogP contribution in [0.1, 0.15) is 39.0 Å². The molecule has 0 saturated carbocycles. The lowest BCUT2D eigenvalue weighted by molar-refractivity contribution is -0.154. The highest BCUT2D eigenvalue weighted by Crippen LogP contribution is 2.71. The largest absolute Gasteiger partial charge is 0.497 e. The normalized spacial score (nSPS) is 29.2. The number of carbonyl (C=O) groups is 3. The topological polar surface area (TPSA) is 96.4 Å². The van der Waals surface area contributed by atoms with E-state index in [9.17, 15) is 19.5 Å². The number of rotatable bonds is 13. The van der Waals surface area contributed by atoms with E-state index in [1.165, 1.54) is 6.08 Å². The van der Waals surface area contributed by atoms with Crippen LogP contribution in [0, 0.1) is 11.8 Å². The van der Waals surface area contributed by atoms with Gasteiger partial charge in [-0.2, -0.15) is 0 Å². The number of nitrogens with zero attached hydrogens (tertiary/aromatic N) is 2. The number of fused-ring (bicyclic) bond motifs is 1. The van der Waals surface area contributed by atoms with Gasteiger partial charge < -0.3 is 24.4 Å². The second kappa shape index (κ2) is 11.5. The molecule has 8 nitrogen and oxygen atoms in total. The van der Waals surface area contributed by atoms with Gasteiger partial charge in [-0.25, -0.2) is 0 Å². The van der Waals surface area contributed by atoms with Crippen molar-refractivity contribution < 1.29 is 29.0 Å². The van der Waals surface area contributed by atoms with Crippen molar-refractivity contribution in [3.05, 3.63) is 49.6 Å². The lowest BCUT2D eigenvalue weighted by atomic mass is 9.66. The Morgan fingerprint density at radius 3 is 2.55 bits per heavy atom. The van der Waals surface area contributed by atoms with Crippen molar-refractivity contribution in [2.75, 3.05) is 38.3 Å². The third-order valence-corrected chi connectivity index (χ3v) is 10.1. The van der Waals surface area contributed by atoms with Crippen molar-refractivity contribution in [1.29, 1.82) is 0 Å². The number of unbranched alkanes of at least 4 members (excludes halogenated alkanes) is 2. The van der Waals surface area contributed by atoms with E-state index in [0.717, 1.165) is 12.8 Å². The minimum atomic E-state index is -0.722. The highest BCUT2D eigenvalue weighted by Gasteiger charge is 2.77. The number of aliphatic hydroxyl groups excluding tert-OH is 1. The number of anilines is 1. The Hall–Kier alpha value is -2.78. The summed E-state index contributed by atoms with van der Waals surface area (Å²) in [6.45, 7) is 10.4. The summed E-state index contributed by atoms with van der Waals surface area (Å²) < 4.78 is 9.56. The first-order valence-electron chi connectivity index (χ1n) is 13.2. The molecule has 5 atom stereocenters. The number of hydrogen-bond acceptors (Lipinski definition) is 7. The first kappa shape index (κ1) is 28.2. The molecule has 206 valence electrons. The van der Waals surface area contributed by atoms with Crippen LogP contribution in [0.15, 0.2) is 49.6 Å². The smallest absolute Gasteiger partial charge is 0.311 e. The van der Waals surface area contributed by atoms with Gasteiger partial charge in [0.25, 0.3) is 5.91 Å². The van der Waals surface area contributed by atoms with Gasteiger partial charge in [-0.05, 0) is 63.3 Å². The first-order chi connectivity index (χ1) is 18.3. The maximum atomic E-state index is 14.5. The molecule has 0 aromatic heterocycles. The van der Waals surface area contributed by atoms with Gasteiger partial charge in [-0.1, -0.05) is 18.7 Å². The molecule has 1 aromatic rings. The van der Waals surface area contributed by atoms with Gasteiger partial charge in [0.05, 0.1) is 23.7 Å². The maximum Gasteiger partial charge on any atom is 0.311 e. The van der Waals surface area contributed by atoms with Crippen LogP contribution in [0.25, 0.3) is 0 Å². The van der Waals surface area contributed by atoms with Crippen LogP contribution in [-0.2, 0) is 19.1 Å². The fourth-order valence-electron chi connectivity index (χ4n) is 6.47. The van der Waals surface area contributed by atoms with E-state index in [-0.39, 0.29) is 31.6 Å². The molecular weight excluding hydrogens is 504 g/mol. The molecule has 9 heteroatoms. The van der Waals surface area contributed by atoms with E-state index >= 15 is 0 Å². The van der Waals surface area contributed by atoms with Gasteiger partial charge in [0.1, 0.15) is 18.4 Å². The molecule has 3 aliphatic rings. The van der Waals surface area contributed by atoms with E-state index in [4.69, 9.17) is 9.47 Å². The average molecular weight is 543 g/mol. The van der Waals surface area contributed by atoms with Crippen LogP contribution >= 0.6 is 11.8 Å². The van der Waals surface area contributed by atoms with Gasteiger partial charge in [-0.15, -0.1) is 18.3 Å². The number of aliphatic hydroxyl groups is 1. The SMILES string of the molecule is C=CCOC(=O)[C@H]1[C@H]2C(=O)N(CCCCCO)C(C(=O)N(CC=C)c3ccc(OC)cc3)C23CC[C@]1(C)S3. The predicted molar refractivity (Wildman–Crippen MR) is 148 cm³/mol. The summed E-state index contributed by atoms with van der Waals surface area (Å²) in [5.74, 6) is -1.30. The Kier molecular flexibility index (Phi) is 8.57. The highest BCUT2D eigenvalue weighted by molar-refractivity contribution is 8.02. The number of methoxy groups -OCH3 is 1. The van der Waals surface area contributed by atoms with Crippen LogP contribution in [0.2, 0.25) is 0 Å². The second-order valence-electron chi connectivity index (χ2n) is 10.4. The zero-order chi connectivity index (χ0) is 27.5. The minimum absolute atomic E-state index is 0.0822. The molecule has 2 unspecified atom stereocenters. The molecule has 0 radical (unpaired) electrons. The molecule has 0 aliphatic carbocycles. The number of carbonyl (C=O) groups excluding carboxylic acids is 3. The number of ether oxygens (including phenoxy) is 2. The molecule has 1 spiro atoms. The van der Waals surface area contributed by atoms with Crippen molar-refractivity contribution in [2.24, 2.45) is 11.8 Å². The Morgan fingerprint density at radius 1 is 1.18 bits per heavy atom. The van der Waals surface area contributed by atoms with Crippen LogP contribution < -0.4 is 9.64 Å². The molecule has 2 amide bonds. The van der Waals surface area contributed by atoms with Crippen LogP contribution in [0.5, 0.6) is 5.75 Å². The Morgan fingerprint density at radius 2 is 1.92 bits per heavy atom. The van der Waals surface area contributed by atoms with Crippen molar-refractivity contribution in [1.82, 2.24) is 4.90 Å². The van der Waals surface area contributed by atoms with Gasteiger partial charge in [-0.3, -0.25) is 14.4 Å². The number of hydrogen-bond donors (Lipinski definition) is 1. The van der Waals surface area contributed by atoms with Crippen molar-refractivity contribution in [3.63, 3.8) is 0 Å². The quantitative estimate of drug-likeness (QED) is 0.231. The summed E-state index contributed by atoms with van der Waals surface area (Å²) >= 11 is 1.62. The van der Waals surface area contributed by atoms with E-state index in [2.05, 4.69) is 13.2 Å². The molecule has 3 heterocycles. The molecule has 4 rings (SSSR count). The molecule has 3 saturated heterocycles. The van der Waals surface area contributed by atoms with Crippen molar-refractivity contribution in [2.45, 2.75) is 54.6 Å². The number of amides is 2. The van der Waals surface area contributed by atoms with Crippen LogP contribution in [-0.4, -0.2) is 76.7 Å². The first-order valence-corrected chi connectivity index (χ1v) is 14.0. The van der Waals surface area contributed by atoms with Gasteiger partial charge in [0, 0.05) is 30.1 Å². The number of likely N-dealkylation sites (tertiary alicyclic amines) is 1. The molecular formula is C29H38N2O6S. The fraction of sp³-hybridized carbons (Fsp3) is 0.552. The molecule has 3 aliphatic heterocycles. The Bertz CT molecular complexity index is 1080. The summed E-state index contributed by atoms with van der Waals surface area (Å²) in [4.78, 5) is 45.2. The molecule has 38 heavy (non-hydrogen) atoms. The fourth-order valence-corrected chi connectivity index (χ4v) is 8.81. The van der Waals surface area contributed by atoms with E-state index in [1.807, 2.05) is 19.1 Å². The van der Waals surface area contributed by atoms with Crippen molar-refractivity contribution >= 4 is 35.2 Å². The second-order valence-corrected chi connectivity index (χ2v) is 12.3. The number of thioether (sulfide) groups is 1. The summed E-state index contributed by atoms with van der Waals surface area (Å²) in [6.07, 6.45) is 6.63. The lowest BCUT2D eigenvalue weighted by Gasteiger charge is -2.37. The summed E-state index contributed by atoms with van der Waals surface area (Å²) in [5, 5.41) is 9.24. The van der Waals surface area contributed by atoms with Crippen LogP contribution in [0.3, 0.4) is 0 Å².